The summed E-state index contributed by atoms with van der Waals surface area (Å²) in [6.45, 7) is 3.08. The molecule has 1 amide bonds. The van der Waals surface area contributed by atoms with E-state index in [0.29, 0.717) is 5.69 Å². The molecule has 0 aliphatic carbocycles. The molecular formula is C16H17NO3S. The first-order valence-electron chi connectivity index (χ1n) is 6.56. The number of hydrogen-bond acceptors (Lipinski definition) is 3. The molecule has 0 bridgehead atoms. The van der Waals surface area contributed by atoms with E-state index in [1.807, 2.05) is 41.8 Å². The molecule has 0 aliphatic heterocycles. The fourth-order valence-corrected chi connectivity index (χ4v) is 2.68. The minimum Gasteiger partial charge on any atom is -0.481 e. The number of thiophene rings is 1. The maximum Gasteiger partial charge on any atom is 0.309 e. The summed E-state index contributed by atoms with van der Waals surface area (Å²) in [4.78, 5) is 24.2. The minimum absolute atomic E-state index is 0.0683. The normalized spacial score (nSPS) is 11.1. The number of carbonyl (C=O) groups is 2. The number of carboxylic acids is 1. The summed E-state index contributed by atoms with van der Waals surface area (Å²) >= 11 is 1.59. The van der Waals surface area contributed by atoms with Crippen LogP contribution in [0.5, 0.6) is 0 Å². The van der Waals surface area contributed by atoms with E-state index < -0.39 is 11.4 Å². The van der Waals surface area contributed by atoms with Crippen LogP contribution in [0.4, 0.5) is 5.69 Å². The van der Waals surface area contributed by atoms with Gasteiger partial charge in [0.1, 0.15) is 0 Å². The summed E-state index contributed by atoms with van der Waals surface area (Å²) in [6, 6.07) is 11.4. The monoisotopic (exact) mass is 303 g/mol. The van der Waals surface area contributed by atoms with E-state index in [4.69, 9.17) is 5.11 Å². The van der Waals surface area contributed by atoms with Gasteiger partial charge in [0.05, 0.1) is 5.41 Å². The van der Waals surface area contributed by atoms with Gasteiger partial charge in [0.15, 0.2) is 0 Å². The Morgan fingerprint density at radius 3 is 2.52 bits per heavy atom. The quantitative estimate of drug-likeness (QED) is 0.881. The molecule has 0 aliphatic rings. The third-order valence-corrected chi connectivity index (χ3v) is 4.07. The van der Waals surface area contributed by atoms with E-state index in [1.165, 1.54) is 0 Å². The van der Waals surface area contributed by atoms with Gasteiger partial charge in [-0.25, -0.2) is 0 Å². The maximum atomic E-state index is 12.1. The number of rotatable bonds is 5. The highest BCUT2D eigenvalue weighted by molar-refractivity contribution is 7.13. The van der Waals surface area contributed by atoms with Gasteiger partial charge in [0.25, 0.3) is 0 Å². The highest BCUT2D eigenvalue weighted by Gasteiger charge is 2.30. The van der Waals surface area contributed by atoms with Gasteiger partial charge in [-0.05, 0) is 31.4 Å². The van der Waals surface area contributed by atoms with E-state index in [1.54, 1.807) is 25.2 Å². The lowest BCUT2D eigenvalue weighted by Gasteiger charge is -2.18. The molecule has 0 atom stereocenters. The first-order chi connectivity index (χ1) is 9.90. The van der Waals surface area contributed by atoms with Crippen molar-refractivity contribution in [3.63, 3.8) is 0 Å². The van der Waals surface area contributed by atoms with Crippen molar-refractivity contribution in [1.29, 1.82) is 0 Å². The van der Waals surface area contributed by atoms with E-state index in [0.717, 1.165) is 10.4 Å². The average molecular weight is 303 g/mol. The van der Waals surface area contributed by atoms with Crippen LogP contribution >= 0.6 is 11.3 Å². The van der Waals surface area contributed by atoms with Gasteiger partial charge in [-0.1, -0.05) is 24.3 Å². The first kappa shape index (κ1) is 15.3. The van der Waals surface area contributed by atoms with Crippen LogP contribution in [-0.4, -0.2) is 17.0 Å². The van der Waals surface area contributed by atoms with Crippen molar-refractivity contribution in [3.05, 3.63) is 41.8 Å². The molecule has 4 nitrogen and oxygen atoms in total. The molecule has 2 N–H and O–H groups in total. The molecule has 5 heteroatoms. The molecule has 21 heavy (non-hydrogen) atoms. The number of carbonyl (C=O) groups excluding carboxylic acids is 1. The predicted molar refractivity (Wildman–Crippen MR) is 84.4 cm³/mol. The Morgan fingerprint density at radius 2 is 1.90 bits per heavy atom. The molecule has 1 aromatic carbocycles. The van der Waals surface area contributed by atoms with Crippen LogP contribution in [0.25, 0.3) is 10.4 Å². The fraction of sp³-hybridized carbons (Fsp3) is 0.250. The molecule has 0 radical (unpaired) electrons. The summed E-state index contributed by atoms with van der Waals surface area (Å²) in [5, 5.41) is 13.9. The standard InChI is InChI=1S/C16H17NO3S/c1-16(2,15(19)20)10-14(18)17-12-7-4-3-6-11(12)13-8-5-9-21-13/h3-9H,10H2,1-2H3,(H,17,18)(H,19,20). The second kappa shape index (κ2) is 6.10. The van der Waals surface area contributed by atoms with Crippen molar-refractivity contribution in [1.82, 2.24) is 0 Å². The van der Waals surface area contributed by atoms with Crippen LogP contribution in [-0.2, 0) is 9.59 Å². The smallest absolute Gasteiger partial charge is 0.309 e. The summed E-state index contributed by atoms with van der Waals surface area (Å²) in [5.41, 5.74) is 0.558. The highest BCUT2D eigenvalue weighted by atomic mass is 32.1. The minimum atomic E-state index is -1.08. The van der Waals surface area contributed by atoms with E-state index in [9.17, 15) is 9.59 Å². The molecule has 1 aromatic heterocycles. The molecule has 0 saturated carbocycles. The molecule has 0 spiro atoms. The Kier molecular flexibility index (Phi) is 4.43. The summed E-state index contributed by atoms with van der Waals surface area (Å²) in [7, 11) is 0. The zero-order valence-electron chi connectivity index (χ0n) is 11.9. The van der Waals surface area contributed by atoms with Crippen LogP contribution in [0.15, 0.2) is 41.8 Å². The van der Waals surface area contributed by atoms with Crippen LogP contribution in [0.1, 0.15) is 20.3 Å². The Hall–Kier alpha value is -2.14. The first-order valence-corrected chi connectivity index (χ1v) is 7.44. The lowest BCUT2D eigenvalue weighted by molar-refractivity contribution is -0.148. The Labute approximate surface area is 127 Å². The van der Waals surface area contributed by atoms with Gasteiger partial charge in [0.2, 0.25) is 5.91 Å². The molecule has 0 saturated heterocycles. The van der Waals surface area contributed by atoms with Crippen molar-refractivity contribution in [2.45, 2.75) is 20.3 Å². The average Bonchev–Trinajstić information content (AvgIpc) is 2.92. The molecule has 0 fully saturated rings. The van der Waals surface area contributed by atoms with Gasteiger partial charge in [0, 0.05) is 22.5 Å². The molecule has 2 aromatic rings. The number of nitrogens with one attached hydrogen (secondary N) is 1. The SMILES string of the molecule is CC(C)(CC(=O)Nc1ccccc1-c1cccs1)C(=O)O. The van der Waals surface area contributed by atoms with Crippen LogP contribution < -0.4 is 5.32 Å². The molecular weight excluding hydrogens is 286 g/mol. The number of aliphatic carboxylic acids is 1. The number of anilines is 1. The second-order valence-electron chi connectivity index (χ2n) is 5.44. The van der Waals surface area contributed by atoms with Crippen molar-refractivity contribution >= 4 is 28.9 Å². The number of hydrogen-bond donors (Lipinski definition) is 2. The van der Waals surface area contributed by atoms with Crippen LogP contribution in [0, 0.1) is 5.41 Å². The number of benzene rings is 1. The predicted octanol–water partition coefficient (Wildman–Crippen LogP) is 3.85. The Balaban J connectivity index is 2.17. The summed E-state index contributed by atoms with van der Waals surface area (Å²) in [6.07, 6.45) is -0.0683. The number of para-hydroxylation sites is 1. The van der Waals surface area contributed by atoms with Crippen LogP contribution in [0.3, 0.4) is 0 Å². The van der Waals surface area contributed by atoms with Crippen molar-refractivity contribution in [2.24, 2.45) is 5.41 Å². The second-order valence-corrected chi connectivity index (χ2v) is 6.38. The fourth-order valence-electron chi connectivity index (χ4n) is 1.91. The molecule has 0 unspecified atom stereocenters. The van der Waals surface area contributed by atoms with Crippen LogP contribution in [0.2, 0.25) is 0 Å². The van der Waals surface area contributed by atoms with E-state index in [2.05, 4.69) is 5.32 Å². The van der Waals surface area contributed by atoms with E-state index >= 15 is 0 Å². The Bertz CT molecular complexity index is 647. The number of amides is 1. The summed E-state index contributed by atoms with van der Waals surface area (Å²) in [5.74, 6) is -1.28. The van der Waals surface area contributed by atoms with Crippen molar-refractivity contribution in [2.75, 3.05) is 5.32 Å². The summed E-state index contributed by atoms with van der Waals surface area (Å²) < 4.78 is 0. The van der Waals surface area contributed by atoms with Crippen molar-refractivity contribution in [3.8, 4) is 10.4 Å². The lowest BCUT2D eigenvalue weighted by atomic mass is 9.89. The van der Waals surface area contributed by atoms with Crippen molar-refractivity contribution < 1.29 is 14.7 Å². The third kappa shape index (κ3) is 3.70. The van der Waals surface area contributed by atoms with Gasteiger partial charge in [-0.15, -0.1) is 11.3 Å². The maximum absolute atomic E-state index is 12.1. The van der Waals surface area contributed by atoms with Gasteiger partial charge in [-0.3, -0.25) is 9.59 Å². The van der Waals surface area contributed by atoms with E-state index in [-0.39, 0.29) is 12.3 Å². The van der Waals surface area contributed by atoms with Gasteiger partial charge in [-0.2, -0.15) is 0 Å². The highest BCUT2D eigenvalue weighted by Crippen LogP contribution is 2.32. The third-order valence-electron chi connectivity index (χ3n) is 3.17. The zero-order valence-corrected chi connectivity index (χ0v) is 12.7. The molecule has 110 valence electrons. The Morgan fingerprint density at radius 1 is 1.19 bits per heavy atom. The molecule has 1 heterocycles. The zero-order chi connectivity index (χ0) is 15.5. The largest absolute Gasteiger partial charge is 0.481 e. The molecule has 2 rings (SSSR count). The number of carboxylic acid groups (broad SMARTS) is 1. The topological polar surface area (TPSA) is 66.4 Å². The lowest BCUT2D eigenvalue weighted by Crippen LogP contribution is -2.29. The van der Waals surface area contributed by atoms with Gasteiger partial charge >= 0.3 is 5.97 Å². The van der Waals surface area contributed by atoms with Gasteiger partial charge < -0.3 is 10.4 Å².